The van der Waals surface area contributed by atoms with Crippen LogP contribution >= 0.6 is 0 Å². The van der Waals surface area contributed by atoms with Crippen LogP contribution in [-0.2, 0) is 14.3 Å². The molecule has 8 N–H and O–H groups in total. The van der Waals surface area contributed by atoms with E-state index in [0.29, 0.717) is 19.3 Å². The summed E-state index contributed by atoms with van der Waals surface area (Å²) < 4.78 is 11.0. The zero-order chi connectivity index (χ0) is 41.9. The Morgan fingerprint density at radius 1 is 0.632 bits per heavy atom. The lowest BCUT2D eigenvalue weighted by atomic mass is 9.99. The molecule has 330 valence electrons. The van der Waals surface area contributed by atoms with E-state index in [0.717, 1.165) is 38.5 Å². The second kappa shape index (κ2) is 35.7. The summed E-state index contributed by atoms with van der Waals surface area (Å²) in [5.41, 5.74) is 0. The first-order chi connectivity index (χ1) is 27.7. The van der Waals surface area contributed by atoms with Crippen molar-refractivity contribution in [2.45, 2.75) is 210 Å². The smallest absolute Gasteiger partial charge is 0.249 e. The van der Waals surface area contributed by atoms with Crippen LogP contribution in [0.15, 0.2) is 60.8 Å². The third-order valence-electron chi connectivity index (χ3n) is 10.3. The Morgan fingerprint density at radius 2 is 1.12 bits per heavy atom. The van der Waals surface area contributed by atoms with Gasteiger partial charge in [-0.3, -0.25) is 4.79 Å². The van der Waals surface area contributed by atoms with E-state index in [1.54, 1.807) is 6.08 Å². The summed E-state index contributed by atoms with van der Waals surface area (Å²) in [4.78, 5) is 13.0. The van der Waals surface area contributed by atoms with Crippen molar-refractivity contribution in [2.24, 2.45) is 0 Å². The number of nitrogens with one attached hydrogen (secondary N) is 1. The third kappa shape index (κ3) is 25.8. The lowest BCUT2D eigenvalue weighted by Gasteiger charge is -2.40. The standard InChI is InChI=1S/C46H81NO10/c1-3-5-7-9-11-13-15-17-18-19-20-21-22-24-25-27-29-31-33-38(49)41(51)37(36-56-46-44(54)43(53)42(52)40(35-48)57-46)47-45(55)39(50)34-32-30-28-26-23-16-14-12-10-8-6-4-2/h15,17,20-21,23,25-27,30,32,37-44,46,48-54H,3-14,16,18-19,22,24,28-29,31,33-36H2,1-2H3,(H,47,55)/b17-15+,21-20+,26-23-,27-25+,32-30-. The summed E-state index contributed by atoms with van der Waals surface area (Å²) in [7, 11) is 0. The molecule has 1 rings (SSSR count). The molecule has 57 heavy (non-hydrogen) atoms. The number of allylic oxidation sites excluding steroid dienone is 9. The minimum atomic E-state index is -1.68. The number of carbonyl (C=O) groups is 1. The number of amides is 1. The SMILES string of the molecule is CCCCCCC/C=C/CC/C=C/CC/C=C/CCCC(O)C(O)C(COC1OC(CO)C(O)C(O)C1O)NC(=O)C(O)C/C=C\C/C=C\CCCCCCCC. The predicted octanol–water partition coefficient (Wildman–Crippen LogP) is 6.77. The summed E-state index contributed by atoms with van der Waals surface area (Å²) in [6, 6.07) is -1.23. The lowest BCUT2D eigenvalue weighted by Crippen LogP contribution is -2.60. The third-order valence-corrected chi connectivity index (χ3v) is 10.3. The van der Waals surface area contributed by atoms with E-state index >= 15 is 0 Å². The molecule has 9 unspecified atom stereocenters. The lowest BCUT2D eigenvalue weighted by molar-refractivity contribution is -0.303. The monoisotopic (exact) mass is 808 g/mol. The molecule has 0 bridgehead atoms. The Bertz CT molecular complexity index is 1110. The Balaban J connectivity index is 2.57. The first kappa shape index (κ1) is 52.8. The maximum atomic E-state index is 13.0. The molecule has 1 heterocycles. The molecule has 11 nitrogen and oxygen atoms in total. The minimum Gasteiger partial charge on any atom is -0.394 e. The van der Waals surface area contributed by atoms with Crippen LogP contribution in [0.1, 0.15) is 155 Å². The first-order valence-electron chi connectivity index (χ1n) is 22.2. The van der Waals surface area contributed by atoms with E-state index in [9.17, 15) is 40.5 Å². The second-order valence-corrected chi connectivity index (χ2v) is 15.4. The Kier molecular flexibility index (Phi) is 33.1. The van der Waals surface area contributed by atoms with Gasteiger partial charge in [-0.05, 0) is 77.0 Å². The quantitative estimate of drug-likeness (QED) is 0.0251. The number of hydrogen-bond acceptors (Lipinski definition) is 10. The van der Waals surface area contributed by atoms with Crippen molar-refractivity contribution < 1.29 is 50.0 Å². The summed E-state index contributed by atoms with van der Waals surface area (Å²) in [5.74, 6) is -0.784. The molecule has 0 radical (unpaired) electrons. The van der Waals surface area contributed by atoms with Crippen LogP contribution in [-0.4, -0.2) is 110 Å². The van der Waals surface area contributed by atoms with Crippen LogP contribution in [0, 0.1) is 0 Å². The highest BCUT2D eigenvalue weighted by Gasteiger charge is 2.44. The van der Waals surface area contributed by atoms with Crippen LogP contribution in [0.4, 0.5) is 0 Å². The molecule has 11 heteroatoms. The van der Waals surface area contributed by atoms with Gasteiger partial charge in [-0.25, -0.2) is 0 Å². The fourth-order valence-electron chi connectivity index (χ4n) is 6.51. The summed E-state index contributed by atoms with van der Waals surface area (Å²) in [6.45, 7) is 3.33. The highest BCUT2D eigenvalue weighted by Crippen LogP contribution is 2.23. The number of carbonyl (C=O) groups excluding carboxylic acids is 1. The Morgan fingerprint density at radius 3 is 1.68 bits per heavy atom. The summed E-state index contributed by atoms with van der Waals surface area (Å²) >= 11 is 0. The molecule has 1 aliphatic rings. The molecule has 0 spiro atoms. The predicted molar refractivity (Wildman–Crippen MR) is 228 cm³/mol. The van der Waals surface area contributed by atoms with E-state index in [2.05, 4.69) is 61.7 Å². The molecule has 1 saturated heterocycles. The molecule has 1 fully saturated rings. The number of hydrogen-bond donors (Lipinski definition) is 8. The average molecular weight is 808 g/mol. The molecule has 0 aromatic rings. The highest BCUT2D eigenvalue weighted by molar-refractivity contribution is 5.81. The molecule has 1 aliphatic heterocycles. The van der Waals surface area contributed by atoms with E-state index in [1.807, 2.05) is 12.2 Å². The van der Waals surface area contributed by atoms with Crippen molar-refractivity contribution in [3.05, 3.63) is 60.8 Å². The molecular weight excluding hydrogens is 727 g/mol. The number of ether oxygens (including phenoxy) is 2. The van der Waals surface area contributed by atoms with E-state index in [-0.39, 0.29) is 12.8 Å². The van der Waals surface area contributed by atoms with Crippen LogP contribution in [0.5, 0.6) is 0 Å². The van der Waals surface area contributed by atoms with Crippen LogP contribution < -0.4 is 5.32 Å². The van der Waals surface area contributed by atoms with Crippen LogP contribution in [0.25, 0.3) is 0 Å². The molecule has 0 saturated carbocycles. The minimum absolute atomic E-state index is 0.0365. The van der Waals surface area contributed by atoms with Gasteiger partial charge in [0.15, 0.2) is 6.29 Å². The molecule has 0 aliphatic carbocycles. The van der Waals surface area contributed by atoms with Gasteiger partial charge in [-0.1, -0.05) is 132 Å². The molecule has 0 aromatic carbocycles. The van der Waals surface area contributed by atoms with E-state index in [4.69, 9.17) is 9.47 Å². The zero-order valence-corrected chi connectivity index (χ0v) is 35.3. The fourth-order valence-corrected chi connectivity index (χ4v) is 6.51. The van der Waals surface area contributed by atoms with Gasteiger partial charge in [0.2, 0.25) is 5.91 Å². The Labute approximate surface area is 344 Å². The second-order valence-electron chi connectivity index (χ2n) is 15.4. The molecular formula is C46H81NO10. The Hall–Kier alpha value is -2.19. The molecule has 9 atom stereocenters. The van der Waals surface area contributed by atoms with Crippen molar-refractivity contribution in [3.63, 3.8) is 0 Å². The van der Waals surface area contributed by atoms with E-state index < -0.39 is 74.2 Å². The fraction of sp³-hybridized carbons (Fsp3) is 0.761. The van der Waals surface area contributed by atoms with Gasteiger partial charge in [0.25, 0.3) is 0 Å². The van der Waals surface area contributed by atoms with Crippen molar-refractivity contribution in [1.82, 2.24) is 5.32 Å². The number of aliphatic hydroxyl groups excluding tert-OH is 7. The number of aliphatic hydroxyl groups is 7. The van der Waals surface area contributed by atoms with Gasteiger partial charge in [-0.2, -0.15) is 0 Å². The van der Waals surface area contributed by atoms with Crippen molar-refractivity contribution in [1.29, 1.82) is 0 Å². The van der Waals surface area contributed by atoms with Gasteiger partial charge in [0, 0.05) is 6.42 Å². The van der Waals surface area contributed by atoms with Crippen molar-refractivity contribution in [2.75, 3.05) is 13.2 Å². The maximum absolute atomic E-state index is 13.0. The van der Waals surface area contributed by atoms with Gasteiger partial charge in [-0.15, -0.1) is 0 Å². The molecule has 0 aromatic heterocycles. The van der Waals surface area contributed by atoms with Crippen molar-refractivity contribution >= 4 is 5.91 Å². The van der Waals surface area contributed by atoms with Gasteiger partial charge >= 0.3 is 0 Å². The topological polar surface area (TPSA) is 189 Å². The molecule has 1 amide bonds. The first-order valence-corrected chi connectivity index (χ1v) is 22.2. The van der Waals surface area contributed by atoms with Gasteiger partial charge < -0.3 is 50.5 Å². The largest absolute Gasteiger partial charge is 0.394 e. The van der Waals surface area contributed by atoms with Gasteiger partial charge in [0.1, 0.15) is 36.6 Å². The highest BCUT2D eigenvalue weighted by atomic mass is 16.7. The van der Waals surface area contributed by atoms with Crippen LogP contribution in [0.2, 0.25) is 0 Å². The normalized spacial score (nSPS) is 22.7. The maximum Gasteiger partial charge on any atom is 0.249 e. The number of rotatable bonds is 35. The van der Waals surface area contributed by atoms with Crippen LogP contribution in [0.3, 0.4) is 0 Å². The van der Waals surface area contributed by atoms with Gasteiger partial charge in [0.05, 0.1) is 25.4 Å². The van der Waals surface area contributed by atoms with Crippen molar-refractivity contribution in [3.8, 4) is 0 Å². The average Bonchev–Trinajstić information content (AvgIpc) is 3.21. The number of unbranched alkanes of at least 4 members (excludes halogenated alkanes) is 14. The summed E-state index contributed by atoms with van der Waals surface area (Å²) in [5, 5.41) is 75.3. The van der Waals surface area contributed by atoms with E-state index in [1.165, 1.54) is 70.6 Å². The zero-order valence-electron chi connectivity index (χ0n) is 35.3. The summed E-state index contributed by atoms with van der Waals surface area (Å²) in [6.07, 6.45) is 31.5.